The third kappa shape index (κ3) is 2.54. The van der Waals surface area contributed by atoms with Gasteiger partial charge in [-0.1, -0.05) is 12.1 Å². The highest BCUT2D eigenvalue weighted by molar-refractivity contribution is 5.93. The van der Waals surface area contributed by atoms with Gasteiger partial charge in [0.15, 0.2) is 0 Å². The molecular formula is C19H22N4O. The highest BCUT2D eigenvalue weighted by Crippen LogP contribution is 2.33. The second-order valence-electron chi connectivity index (χ2n) is 6.78. The molecule has 2 heterocycles. The first kappa shape index (κ1) is 15.1. The van der Waals surface area contributed by atoms with Crippen LogP contribution in [0.1, 0.15) is 47.8 Å². The molecule has 2 N–H and O–H groups in total. The summed E-state index contributed by atoms with van der Waals surface area (Å²) in [5.74, 6) is 0.454. The van der Waals surface area contributed by atoms with Crippen molar-refractivity contribution < 1.29 is 4.79 Å². The van der Waals surface area contributed by atoms with Crippen LogP contribution in [0.2, 0.25) is 0 Å². The molecule has 1 aromatic carbocycles. The van der Waals surface area contributed by atoms with E-state index in [4.69, 9.17) is 15.7 Å². The fourth-order valence-electron chi connectivity index (χ4n) is 3.81. The molecule has 2 aliphatic rings. The Balaban J connectivity index is 1.79. The first-order valence-corrected chi connectivity index (χ1v) is 8.70. The standard InChI is InChI=1S/C19H22N4O/c1-12-4-3-11-23(12)19-21-16-6-2-5-15(16)17(22-19)13-7-9-14(10-8-13)18(20)24/h7-10,12H,2-6,11H2,1H3,(H2,20,24)/t12-/m1/s1. The van der Waals surface area contributed by atoms with Crippen LogP contribution in [0.25, 0.3) is 11.3 Å². The highest BCUT2D eigenvalue weighted by atomic mass is 16.1. The average Bonchev–Trinajstić information content (AvgIpc) is 3.22. The SMILES string of the molecule is C[C@@H]1CCCN1c1nc2c(c(-c3ccc(C(N)=O)cc3)n1)CCC2. The lowest BCUT2D eigenvalue weighted by atomic mass is 10.0. The average molecular weight is 322 g/mol. The third-order valence-electron chi connectivity index (χ3n) is 5.17. The van der Waals surface area contributed by atoms with Crippen LogP contribution in [-0.4, -0.2) is 28.5 Å². The van der Waals surface area contributed by atoms with Gasteiger partial charge in [0.2, 0.25) is 11.9 Å². The summed E-state index contributed by atoms with van der Waals surface area (Å²) in [4.78, 5) is 23.4. The predicted octanol–water partition coefficient (Wildman–Crippen LogP) is 2.72. The lowest BCUT2D eigenvalue weighted by molar-refractivity contribution is 0.100. The number of primary amides is 1. The zero-order valence-electron chi connectivity index (χ0n) is 14.0. The summed E-state index contributed by atoms with van der Waals surface area (Å²) in [7, 11) is 0. The smallest absolute Gasteiger partial charge is 0.248 e. The van der Waals surface area contributed by atoms with Gasteiger partial charge < -0.3 is 10.6 Å². The minimum atomic E-state index is -0.402. The largest absolute Gasteiger partial charge is 0.366 e. The number of amides is 1. The Bertz CT molecular complexity index is 785. The third-order valence-corrected chi connectivity index (χ3v) is 5.17. The van der Waals surface area contributed by atoms with Crippen molar-refractivity contribution in [1.29, 1.82) is 0 Å². The normalized spacial score (nSPS) is 19.5. The Kier molecular flexibility index (Phi) is 3.71. The maximum Gasteiger partial charge on any atom is 0.248 e. The number of anilines is 1. The van der Waals surface area contributed by atoms with E-state index in [1.54, 1.807) is 12.1 Å². The summed E-state index contributed by atoms with van der Waals surface area (Å²) < 4.78 is 0. The zero-order chi connectivity index (χ0) is 16.7. The van der Waals surface area contributed by atoms with Gasteiger partial charge in [-0.2, -0.15) is 0 Å². The molecule has 0 bridgehead atoms. The molecule has 1 aliphatic carbocycles. The monoisotopic (exact) mass is 322 g/mol. The number of aryl methyl sites for hydroxylation is 1. The predicted molar refractivity (Wildman–Crippen MR) is 94.1 cm³/mol. The van der Waals surface area contributed by atoms with Crippen molar-refractivity contribution in [2.24, 2.45) is 5.73 Å². The summed E-state index contributed by atoms with van der Waals surface area (Å²) >= 11 is 0. The summed E-state index contributed by atoms with van der Waals surface area (Å²) in [6.45, 7) is 3.27. The summed E-state index contributed by atoms with van der Waals surface area (Å²) in [6.07, 6.45) is 5.58. The summed E-state index contributed by atoms with van der Waals surface area (Å²) in [5.41, 5.74) is 10.4. The van der Waals surface area contributed by atoms with Crippen molar-refractivity contribution >= 4 is 11.9 Å². The van der Waals surface area contributed by atoms with Crippen molar-refractivity contribution in [2.75, 3.05) is 11.4 Å². The van der Waals surface area contributed by atoms with E-state index in [1.807, 2.05) is 12.1 Å². The van der Waals surface area contributed by atoms with E-state index < -0.39 is 5.91 Å². The lowest BCUT2D eigenvalue weighted by Gasteiger charge is -2.23. The molecule has 5 heteroatoms. The molecule has 0 spiro atoms. The molecule has 1 fully saturated rings. The van der Waals surface area contributed by atoms with E-state index in [9.17, 15) is 4.79 Å². The van der Waals surface area contributed by atoms with Crippen LogP contribution in [0.5, 0.6) is 0 Å². The number of fused-ring (bicyclic) bond motifs is 1. The van der Waals surface area contributed by atoms with Crippen molar-refractivity contribution in [2.45, 2.75) is 45.1 Å². The number of carbonyl (C=O) groups is 1. The quantitative estimate of drug-likeness (QED) is 0.943. The minimum absolute atomic E-state index is 0.402. The van der Waals surface area contributed by atoms with Gasteiger partial charge in [-0.25, -0.2) is 9.97 Å². The van der Waals surface area contributed by atoms with E-state index in [1.165, 1.54) is 24.1 Å². The number of hydrogen-bond donors (Lipinski definition) is 1. The van der Waals surface area contributed by atoms with Crippen LogP contribution in [0.3, 0.4) is 0 Å². The van der Waals surface area contributed by atoms with Crippen molar-refractivity contribution in [3.63, 3.8) is 0 Å². The van der Waals surface area contributed by atoms with Crippen LogP contribution in [0.15, 0.2) is 24.3 Å². The number of carbonyl (C=O) groups excluding carboxylic acids is 1. The van der Waals surface area contributed by atoms with Crippen LogP contribution < -0.4 is 10.6 Å². The van der Waals surface area contributed by atoms with Crippen molar-refractivity contribution in [1.82, 2.24) is 9.97 Å². The van der Waals surface area contributed by atoms with Crippen LogP contribution in [0.4, 0.5) is 5.95 Å². The molecule has 1 amide bonds. The molecule has 5 nitrogen and oxygen atoms in total. The van der Waals surface area contributed by atoms with E-state index in [0.717, 1.165) is 43.0 Å². The summed E-state index contributed by atoms with van der Waals surface area (Å²) in [6, 6.07) is 7.93. The van der Waals surface area contributed by atoms with Crippen LogP contribution in [0, 0.1) is 0 Å². The number of nitrogens with zero attached hydrogens (tertiary/aromatic N) is 3. The Morgan fingerprint density at radius 2 is 1.96 bits per heavy atom. The van der Waals surface area contributed by atoms with Crippen LogP contribution >= 0.6 is 0 Å². The maximum atomic E-state index is 11.3. The molecule has 4 rings (SSSR count). The van der Waals surface area contributed by atoms with Gasteiger partial charge in [-0.15, -0.1) is 0 Å². The van der Waals surface area contributed by atoms with E-state index in [0.29, 0.717) is 11.6 Å². The van der Waals surface area contributed by atoms with Gasteiger partial charge in [-0.3, -0.25) is 4.79 Å². The molecule has 0 saturated carbocycles. The van der Waals surface area contributed by atoms with E-state index >= 15 is 0 Å². The Morgan fingerprint density at radius 3 is 2.62 bits per heavy atom. The van der Waals surface area contributed by atoms with Crippen LogP contribution in [-0.2, 0) is 12.8 Å². The van der Waals surface area contributed by atoms with E-state index in [-0.39, 0.29) is 0 Å². The summed E-state index contributed by atoms with van der Waals surface area (Å²) in [5, 5.41) is 0. The Morgan fingerprint density at radius 1 is 1.17 bits per heavy atom. The molecule has 0 unspecified atom stereocenters. The fraction of sp³-hybridized carbons (Fsp3) is 0.421. The Hall–Kier alpha value is -2.43. The fourth-order valence-corrected chi connectivity index (χ4v) is 3.81. The lowest BCUT2D eigenvalue weighted by Crippen LogP contribution is -2.28. The topological polar surface area (TPSA) is 72.1 Å². The highest BCUT2D eigenvalue weighted by Gasteiger charge is 2.27. The molecule has 124 valence electrons. The minimum Gasteiger partial charge on any atom is -0.366 e. The molecule has 0 radical (unpaired) electrons. The number of benzene rings is 1. The zero-order valence-corrected chi connectivity index (χ0v) is 14.0. The number of nitrogens with two attached hydrogens (primary N) is 1. The van der Waals surface area contributed by atoms with Crippen molar-refractivity contribution in [3.05, 3.63) is 41.1 Å². The number of aromatic nitrogens is 2. The van der Waals surface area contributed by atoms with Gasteiger partial charge in [0.25, 0.3) is 0 Å². The second kappa shape index (κ2) is 5.89. The maximum absolute atomic E-state index is 11.3. The van der Waals surface area contributed by atoms with Gasteiger partial charge in [-0.05, 0) is 51.2 Å². The first-order valence-electron chi connectivity index (χ1n) is 8.70. The molecule has 2 aromatic rings. The van der Waals surface area contributed by atoms with Gasteiger partial charge >= 0.3 is 0 Å². The second-order valence-corrected chi connectivity index (χ2v) is 6.78. The van der Waals surface area contributed by atoms with Gasteiger partial charge in [0, 0.05) is 35.0 Å². The number of hydrogen-bond acceptors (Lipinski definition) is 4. The molecule has 1 aromatic heterocycles. The molecule has 1 saturated heterocycles. The molecule has 1 atom stereocenters. The van der Waals surface area contributed by atoms with E-state index in [2.05, 4.69) is 11.8 Å². The van der Waals surface area contributed by atoms with Gasteiger partial charge in [0.05, 0.1) is 5.69 Å². The molecular weight excluding hydrogens is 300 g/mol. The number of rotatable bonds is 3. The molecule has 24 heavy (non-hydrogen) atoms. The molecule has 1 aliphatic heterocycles. The van der Waals surface area contributed by atoms with Crippen molar-refractivity contribution in [3.8, 4) is 11.3 Å². The van der Waals surface area contributed by atoms with Gasteiger partial charge in [0.1, 0.15) is 0 Å². The first-order chi connectivity index (χ1) is 11.6. The Labute approximate surface area is 141 Å².